The lowest BCUT2D eigenvalue weighted by Gasteiger charge is -2.31. The summed E-state index contributed by atoms with van der Waals surface area (Å²) in [6.07, 6.45) is -3.38. The maximum Gasteiger partial charge on any atom is 0.573 e. The molecular weight excluding hydrogens is 401 g/mol. The molecule has 0 unspecified atom stereocenters. The molecule has 1 atom stereocenters. The van der Waals surface area contributed by atoms with Crippen LogP contribution in [0.1, 0.15) is 17.5 Å². The van der Waals surface area contributed by atoms with Crippen molar-refractivity contribution in [2.45, 2.75) is 18.2 Å². The lowest BCUT2D eigenvalue weighted by Crippen LogP contribution is -2.43. The van der Waals surface area contributed by atoms with E-state index in [0.717, 1.165) is 12.1 Å². The molecule has 10 heteroatoms. The molecule has 5 rings (SSSR count). The van der Waals surface area contributed by atoms with Crippen molar-refractivity contribution in [3.8, 4) is 11.4 Å². The van der Waals surface area contributed by atoms with Gasteiger partial charge < -0.3 is 15.4 Å². The van der Waals surface area contributed by atoms with Crippen LogP contribution in [-0.4, -0.2) is 28.0 Å². The molecule has 7 nitrogen and oxygen atoms in total. The van der Waals surface area contributed by atoms with Gasteiger partial charge in [-0.3, -0.25) is 9.59 Å². The van der Waals surface area contributed by atoms with E-state index in [-0.39, 0.29) is 24.0 Å². The molecule has 30 heavy (non-hydrogen) atoms. The average Bonchev–Trinajstić information content (AvgIpc) is 3.22. The average molecular weight is 414 g/mol. The first-order valence-corrected chi connectivity index (χ1v) is 8.93. The Labute approximate surface area is 167 Å². The van der Waals surface area contributed by atoms with Crippen LogP contribution in [0.4, 0.5) is 24.7 Å². The summed E-state index contributed by atoms with van der Waals surface area (Å²) in [5.41, 5.74) is 1.00. The molecule has 0 radical (unpaired) electrons. The van der Waals surface area contributed by atoms with Crippen LogP contribution in [0.15, 0.2) is 54.7 Å². The SMILES string of the molecule is O=C1C[C@]2(C(=O)Nc3ccccc32)c2cnn(-c3ccc(OC(F)(F)F)cc3)c2N1. The number of carbonyl (C=O) groups excluding carboxylic acids is 2. The van der Waals surface area contributed by atoms with Crippen molar-refractivity contribution in [1.82, 2.24) is 9.78 Å². The molecule has 2 N–H and O–H groups in total. The van der Waals surface area contributed by atoms with Crippen molar-refractivity contribution >= 4 is 23.3 Å². The van der Waals surface area contributed by atoms with Crippen LogP contribution < -0.4 is 15.4 Å². The summed E-state index contributed by atoms with van der Waals surface area (Å²) in [5, 5.41) is 9.84. The Morgan fingerprint density at radius 2 is 1.73 bits per heavy atom. The van der Waals surface area contributed by atoms with Gasteiger partial charge in [-0.1, -0.05) is 18.2 Å². The Balaban J connectivity index is 1.61. The third-order valence-corrected chi connectivity index (χ3v) is 5.25. The summed E-state index contributed by atoms with van der Waals surface area (Å²) in [4.78, 5) is 25.5. The second-order valence-electron chi connectivity index (χ2n) is 6.99. The number of nitrogens with zero attached hydrogens (tertiary/aromatic N) is 2. The summed E-state index contributed by atoms with van der Waals surface area (Å²) in [7, 11) is 0. The van der Waals surface area contributed by atoms with Crippen LogP contribution in [0.5, 0.6) is 5.75 Å². The number of hydrogen-bond donors (Lipinski definition) is 2. The first kappa shape index (κ1) is 18.2. The van der Waals surface area contributed by atoms with Gasteiger partial charge in [-0.15, -0.1) is 13.2 Å². The maximum atomic E-state index is 13.0. The van der Waals surface area contributed by atoms with E-state index < -0.39 is 11.8 Å². The van der Waals surface area contributed by atoms with Gasteiger partial charge in [0.25, 0.3) is 0 Å². The van der Waals surface area contributed by atoms with Gasteiger partial charge in [-0.25, -0.2) is 4.68 Å². The number of halogens is 3. The normalized spacial score (nSPS) is 19.8. The van der Waals surface area contributed by atoms with Crippen LogP contribution in [0.3, 0.4) is 0 Å². The van der Waals surface area contributed by atoms with Crippen molar-refractivity contribution in [2.24, 2.45) is 0 Å². The minimum absolute atomic E-state index is 0.0765. The summed E-state index contributed by atoms with van der Waals surface area (Å²) < 4.78 is 42.4. The fourth-order valence-corrected chi connectivity index (χ4v) is 4.04. The molecule has 1 spiro atoms. The van der Waals surface area contributed by atoms with Gasteiger partial charge >= 0.3 is 6.36 Å². The Kier molecular flexibility index (Phi) is 3.70. The van der Waals surface area contributed by atoms with E-state index in [1.807, 2.05) is 0 Å². The number of para-hydroxylation sites is 1. The number of alkyl halides is 3. The predicted octanol–water partition coefficient (Wildman–Crippen LogP) is 3.35. The van der Waals surface area contributed by atoms with E-state index in [4.69, 9.17) is 0 Å². The molecule has 152 valence electrons. The van der Waals surface area contributed by atoms with Crippen LogP contribution in [0.25, 0.3) is 5.69 Å². The number of carbonyl (C=O) groups is 2. The predicted molar refractivity (Wildman–Crippen MR) is 99.3 cm³/mol. The Morgan fingerprint density at radius 1 is 1.00 bits per heavy atom. The lowest BCUT2D eigenvalue weighted by atomic mass is 9.72. The molecule has 2 aromatic carbocycles. The van der Waals surface area contributed by atoms with E-state index in [1.54, 1.807) is 24.3 Å². The molecule has 0 aliphatic carbocycles. The third kappa shape index (κ3) is 2.64. The van der Waals surface area contributed by atoms with Gasteiger partial charge in [0.2, 0.25) is 11.8 Å². The summed E-state index contributed by atoms with van der Waals surface area (Å²) >= 11 is 0. The van der Waals surface area contributed by atoms with Crippen molar-refractivity contribution in [3.63, 3.8) is 0 Å². The summed E-state index contributed by atoms with van der Waals surface area (Å²) in [6.45, 7) is 0. The fourth-order valence-electron chi connectivity index (χ4n) is 4.04. The quantitative estimate of drug-likeness (QED) is 0.674. The monoisotopic (exact) mass is 414 g/mol. The number of nitrogens with one attached hydrogen (secondary N) is 2. The second-order valence-corrected chi connectivity index (χ2v) is 6.99. The Bertz CT molecular complexity index is 1190. The number of amides is 2. The van der Waals surface area contributed by atoms with Gasteiger partial charge in [0.1, 0.15) is 17.0 Å². The van der Waals surface area contributed by atoms with Gasteiger partial charge in [0.15, 0.2) is 0 Å². The summed E-state index contributed by atoms with van der Waals surface area (Å²) in [6, 6.07) is 12.2. The van der Waals surface area contributed by atoms with E-state index in [1.165, 1.54) is 23.0 Å². The minimum atomic E-state index is -4.80. The molecule has 2 aliphatic heterocycles. The zero-order valence-electron chi connectivity index (χ0n) is 15.2. The molecule has 0 fully saturated rings. The smallest absolute Gasteiger partial charge is 0.406 e. The highest BCUT2D eigenvalue weighted by Crippen LogP contribution is 2.50. The van der Waals surface area contributed by atoms with E-state index >= 15 is 0 Å². The zero-order chi connectivity index (χ0) is 21.1. The van der Waals surface area contributed by atoms with Crippen molar-refractivity contribution in [3.05, 3.63) is 65.9 Å². The van der Waals surface area contributed by atoms with Crippen molar-refractivity contribution in [1.29, 1.82) is 0 Å². The van der Waals surface area contributed by atoms with E-state index in [9.17, 15) is 22.8 Å². The fraction of sp³-hybridized carbons (Fsp3) is 0.150. The number of fused-ring (bicyclic) bond motifs is 4. The first-order valence-electron chi connectivity index (χ1n) is 8.93. The standard InChI is InChI=1S/C20H13F3N4O3/c21-20(22,23)30-12-7-5-11(6-8-12)27-17-14(10-24-27)19(9-16(28)26-17)13-3-1-2-4-15(13)25-18(19)29/h1-8,10H,9H2,(H,25,29)(H,26,28)/t19-/m1/s1. The van der Waals surface area contributed by atoms with Gasteiger partial charge in [-0.2, -0.15) is 5.10 Å². The number of anilines is 2. The zero-order valence-corrected chi connectivity index (χ0v) is 15.2. The van der Waals surface area contributed by atoms with E-state index in [2.05, 4.69) is 20.5 Å². The molecule has 3 aromatic rings. The molecular formula is C20H13F3N4O3. The van der Waals surface area contributed by atoms with Gasteiger partial charge in [0.05, 0.1) is 11.9 Å². The van der Waals surface area contributed by atoms with Crippen molar-refractivity contribution < 1.29 is 27.5 Å². The molecule has 0 saturated carbocycles. The number of rotatable bonds is 2. The molecule has 0 bridgehead atoms. The molecule has 2 aliphatic rings. The second kappa shape index (κ2) is 6.09. The first-order chi connectivity index (χ1) is 14.3. The third-order valence-electron chi connectivity index (χ3n) is 5.25. The Hall–Kier alpha value is -3.82. The van der Waals surface area contributed by atoms with Gasteiger partial charge in [-0.05, 0) is 35.9 Å². The van der Waals surface area contributed by atoms with Crippen molar-refractivity contribution in [2.75, 3.05) is 10.6 Å². The van der Waals surface area contributed by atoms with E-state index in [0.29, 0.717) is 28.3 Å². The van der Waals surface area contributed by atoms with Crippen LogP contribution in [0, 0.1) is 0 Å². The maximum absolute atomic E-state index is 13.0. The topological polar surface area (TPSA) is 85.2 Å². The highest BCUT2D eigenvalue weighted by atomic mass is 19.4. The number of hydrogen-bond acceptors (Lipinski definition) is 4. The lowest BCUT2D eigenvalue weighted by molar-refractivity contribution is -0.274. The Morgan fingerprint density at radius 3 is 2.47 bits per heavy atom. The van der Waals surface area contributed by atoms with Crippen LogP contribution in [-0.2, 0) is 15.0 Å². The number of benzene rings is 2. The minimum Gasteiger partial charge on any atom is -0.406 e. The molecule has 3 heterocycles. The highest BCUT2D eigenvalue weighted by molar-refractivity contribution is 6.14. The molecule has 2 amide bonds. The highest BCUT2D eigenvalue weighted by Gasteiger charge is 2.54. The van der Waals surface area contributed by atoms with Crippen LogP contribution >= 0.6 is 0 Å². The molecule has 1 aromatic heterocycles. The number of aromatic nitrogens is 2. The summed E-state index contributed by atoms with van der Waals surface area (Å²) in [5.74, 6) is -0.777. The number of ether oxygens (including phenoxy) is 1. The van der Waals surface area contributed by atoms with Gasteiger partial charge in [0, 0.05) is 17.7 Å². The van der Waals surface area contributed by atoms with Crippen LogP contribution in [0.2, 0.25) is 0 Å². The largest absolute Gasteiger partial charge is 0.573 e. The molecule has 0 saturated heterocycles.